The minimum atomic E-state index is 0.0149. The van der Waals surface area contributed by atoms with Gasteiger partial charge in [-0.05, 0) is 61.9 Å². The molecule has 0 radical (unpaired) electrons. The molecular formula is C21H25BrN2O2S. The molecule has 1 fully saturated rings. The summed E-state index contributed by atoms with van der Waals surface area (Å²) in [5.41, 5.74) is 2.02. The van der Waals surface area contributed by atoms with Gasteiger partial charge in [0.2, 0.25) is 5.91 Å². The molecule has 0 atom stereocenters. The molecule has 27 heavy (non-hydrogen) atoms. The zero-order valence-electron chi connectivity index (χ0n) is 15.5. The van der Waals surface area contributed by atoms with Crippen molar-refractivity contribution in [2.75, 3.05) is 31.2 Å². The lowest BCUT2D eigenvalue weighted by Crippen LogP contribution is -2.35. The molecule has 0 bridgehead atoms. The molecule has 144 valence electrons. The van der Waals surface area contributed by atoms with Crippen molar-refractivity contribution in [3.63, 3.8) is 0 Å². The number of anilines is 1. The second-order valence-corrected chi connectivity index (χ2v) is 8.71. The van der Waals surface area contributed by atoms with Crippen LogP contribution in [0.4, 0.5) is 5.69 Å². The first-order chi connectivity index (χ1) is 13.1. The smallest absolute Gasteiger partial charge is 0.234 e. The van der Waals surface area contributed by atoms with E-state index >= 15 is 0 Å². The molecule has 0 spiro atoms. The van der Waals surface area contributed by atoms with Gasteiger partial charge in [-0.15, -0.1) is 11.8 Å². The molecule has 0 unspecified atom stereocenters. The topological polar surface area (TPSA) is 41.6 Å². The van der Waals surface area contributed by atoms with Gasteiger partial charge in [0.25, 0.3) is 0 Å². The van der Waals surface area contributed by atoms with E-state index in [1.165, 1.54) is 5.56 Å². The van der Waals surface area contributed by atoms with E-state index in [2.05, 4.69) is 45.3 Å². The molecule has 1 N–H and O–H groups in total. The maximum Gasteiger partial charge on any atom is 0.234 e. The Hall–Kier alpha value is -1.50. The molecule has 3 rings (SSSR count). The molecular weight excluding hydrogens is 424 g/mol. The van der Waals surface area contributed by atoms with Crippen molar-refractivity contribution in [2.24, 2.45) is 0 Å². The predicted octanol–water partition coefficient (Wildman–Crippen LogP) is 4.79. The van der Waals surface area contributed by atoms with Gasteiger partial charge in [-0.2, -0.15) is 0 Å². The monoisotopic (exact) mass is 448 g/mol. The number of nitrogens with one attached hydrogen (secondary N) is 1. The molecule has 1 aliphatic rings. The standard InChI is InChI=1S/C21H25BrN2O2S/c1-24-12-10-20(11-13-24)26-19-8-6-18(7-9-19)23-21(25)15-27-14-16-2-4-17(22)5-3-16/h2-9,20H,10-15H2,1H3,(H,23,25). The number of rotatable bonds is 7. The van der Waals surface area contributed by atoms with E-state index in [1.807, 2.05) is 36.4 Å². The summed E-state index contributed by atoms with van der Waals surface area (Å²) in [7, 11) is 2.14. The summed E-state index contributed by atoms with van der Waals surface area (Å²) >= 11 is 5.04. The summed E-state index contributed by atoms with van der Waals surface area (Å²) in [4.78, 5) is 14.4. The fraction of sp³-hybridized carbons (Fsp3) is 0.381. The van der Waals surface area contributed by atoms with Crippen LogP contribution in [0, 0.1) is 0 Å². The second-order valence-electron chi connectivity index (χ2n) is 6.81. The summed E-state index contributed by atoms with van der Waals surface area (Å²) in [5, 5.41) is 2.94. The van der Waals surface area contributed by atoms with Crippen molar-refractivity contribution in [1.82, 2.24) is 4.90 Å². The van der Waals surface area contributed by atoms with E-state index in [0.29, 0.717) is 5.75 Å². The summed E-state index contributed by atoms with van der Waals surface area (Å²) in [6.45, 7) is 2.16. The van der Waals surface area contributed by atoms with E-state index in [0.717, 1.165) is 47.6 Å². The van der Waals surface area contributed by atoms with Crippen LogP contribution in [-0.2, 0) is 10.5 Å². The number of likely N-dealkylation sites (tertiary alicyclic amines) is 1. The lowest BCUT2D eigenvalue weighted by atomic mass is 10.1. The van der Waals surface area contributed by atoms with E-state index in [9.17, 15) is 4.79 Å². The molecule has 0 saturated carbocycles. The number of ether oxygens (including phenoxy) is 1. The Morgan fingerprint density at radius 1 is 1.15 bits per heavy atom. The van der Waals surface area contributed by atoms with Crippen LogP contribution in [0.15, 0.2) is 53.0 Å². The molecule has 1 heterocycles. The molecule has 6 heteroatoms. The molecule has 2 aromatic carbocycles. The van der Waals surface area contributed by atoms with Crippen LogP contribution in [0.2, 0.25) is 0 Å². The summed E-state index contributed by atoms with van der Waals surface area (Å²) in [6, 6.07) is 15.8. The number of carbonyl (C=O) groups excluding carboxylic acids is 1. The van der Waals surface area contributed by atoms with Gasteiger partial charge in [0, 0.05) is 29.0 Å². The average molecular weight is 449 g/mol. The SMILES string of the molecule is CN1CCC(Oc2ccc(NC(=O)CSCc3ccc(Br)cc3)cc2)CC1. The molecule has 0 aromatic heterocycles. The van der Waals surface area contributed by atoms with E-state index in [1.54, 1.807) is 11.8 Å². The highest BCUT2D eigenvalue weighted by molar-refractivity contribution is 9.10. The summed E-state index contributed by atoms with van der Waals surface area (Å²) in [5.74, 6) is 2.14. The van der Waals surface area contributed by atoms with Crippen molar-refractivity contribution in [2.45, 2.75) is 24.7 Å². The van der Waals surface area contributed by atoms with Gasteiger partial charge in [0.15, 0.2) is 0 Å². The second kappa shape index (κ2) is 10.2. The molecule has 0 aliphatic carbocycles. The maximum absolute atomic E-state index is 12.1. The van der Waals surface area contributed by atoms with Gasteiger partial charge in [-0.1, -0.05) is 28.1 Å². The Bertz CT molecular complexity index is 729. The third-order valence-corrected chi connectivity index (χ3v) is 6.05. The number of nitrogens with zero attached hydrogens (tertiary/aromatic N) is 1. The molecule has 2 aromatic rings. The van der Waals surface area contributed by atoms with Crippen molar-refractivity contribution in [3.8, 4) is 5.75 Å². The fourth-order valence-corrected chi connectivity index (χ4v) is 4.00. The third kappa shape index (κ3) is 6.87. The van der Waals surface area contributed by atoms with E-state index in [4.69, 9.17) is 4.74 Å². The largest absolute Gasteiger partial charge is 0.490 e. The van der Waals surface area contributed by atoms with Gasteiger partial charge in [-0.25, -0.2) is 0 Å². The molecule has 1 amide bonds. The molecule has 4 nitrogen and oxygen atoms in total. The Morgan fingerprint density at radius 2 is 1.81 bits per heavy atom. The number of piperidine rings is 1. The summed E-state index contributed by atoms with van der Waals surface area (Å²) < 4.78 is 7.11. The maximum atomic E-state index is 12.1. The highest BCUT2D eigenvalue weighted by atomic mass is 79.9. The fourth-order valence-electron chi connectivity index (χ4n) is 2.95. The van der Waals surface area contributed by atoms with Gasteiger partial charge in [-0.3, -0.25) is 4.79 Å². The zero-order chi connectivity index (χ0) is 19.1. The van der Waals surface area contributed by atoms with Crippen LogP contribution in [0.5, 0.6) is 5.75 Å². The number of hydrogen-bond acceptors (Lipinski definition) is 4. The van der Waals surface area contributed by atoms with Crippen LogP contribution in [0.1, 0.15) is 18.4 Å². The highest BCUT2D eigenvalue weighted by Gasteiger charge is 2.17. The van der Waals surface area contributed by atoms with Crippen molar-refractivity contribution in [3.05, 3.63) is 58.6 Å². The number of benzene rings is 2. The van der Waals surface area contributed by atoms with Gasteiger partial charge < -0.3 is 15.0 Å². The van der Waals surface area contributed by atoms with Crippen LogP contribution in [0.3, 0.4) is 0 Å². The Morgan fingerprint density at radius 3 is 2.48 bits per heavy atom. The Balaban J connectivity index is 1.39. The first kappa shape index (κ1) is 20.2. The van der Waals surface area contributed by atoms with Gasteiger partial charge >= 0.3 is 0 Å². The highest BCUT2D eigenvalue weighted by Crippen LogP contribution is 2.21. The first-order valence-corrected chi connectivity index (χ1v) is 11.1. The number of hydrogen-bond donors (Lipinski definition) is 1. The van der Waals surface area contributed by atoms with Crippen LogP contribution >= 0.6 is 27.7 Å². The van der Waals surface area contributed by atoms with Gasteiger partial charge in [0.05, 0.1) is 5.75 Å². The molecule has 1 aliphatic heterocycles. The van der Waals surface area contributed by atoms with Gasteiger partial charge in [0.1, 0.15) is 11.9 Å². The normalized spacial score (nSPS) is 15.5. The van der Waals surface area contributed by atoms with Crippen LogP contribution < -0.4 is 10.1 Å². The number of halogens is 1. The minimum absolute atomic E-state index is 0.0149. The van der Waals surface area contributed by atoms with Crippen LogP contribution in [0.25, 0.3) is 0 Å². The number of thioether (sulfide) groups is 1. The Labute approximate surface area is 173 Å². The lowest BCUT2D eigenvalue weighted by molar-refractivity contribution is -0.113. The first-order valence-electron chi connectivity index (χ1n) is 9.16. The quantitative estimate of drug-likeness (QED) is 0.660. The third-order valence-electron chi connectivity index (χ3n) is 4.52. The van der Waals surface area contributed by atoms with E-state index < -0.39 is 0 Å². The average Bonchev–Trinajstić information content (AvgIpc) is 2.67. The minimum Gasteiger partial charge on any atom is -0.490 e. The number of carbonyl (C=O) groups is 1. The summed E-state index contributed by atoms with van der Waals surface area (Å²) in [6.07, 6.45) is 2.41. The zero-order valence-corrected chi connectivity index (χ0v) is 17.9. The predicted molar refractivity (Wildman–Crippen MR) is 117 cm³/mol. The van der Waals surface area contributed by atoms with Crippen molar-refractivity contribution < 1.29 is 9.53 Å². The van der Waals surface area contributed by atoms with E-state index in [-0.39, 0.29) is 12.0 Å². The van der Waals surface area contributed by atoms with Crippen molar-refractivity contribution >= 4 is 39.3 Å². The molecule has 1 saturated heterocycles. The van der Waals surface area contributed by atoms with Crippen molar-refractivity contribution in [1.29, 1.82) is 0 Å². The Kier molecular flexibility index (Phi) is 7.61. The van der Waals surface area contributed by atoms with Crippen LogP contribution in [-0.4, -0.2) is 42.8 Å². The number of amides is 1. The lowest BCUT2D eigenvalue weighted by Gasteiger charge is -2.29.